The van der Waals surface area contributed by atoms with E-state index in [1.165, 1.54) is 6.42 Å². The second kappa shape index (κ2) is 7.75. The van der Waals surface area contributed by atoms with Crippen LogP contribution in [-0.4, -0.2) is 45.9 Å². The van der Waals surface area contributed by atoms with Crippen LogP contribution in [0.1, 0.15) is 83.4 Å². The molecule has 1 N–H and O–H groups in total. The van der Waals surface area contributed by atoms with Gasteiger partial charge in [0.2, 0.25) is 5.91 Å². The first-order valence-corrected chi connectivity index (χ1v) is 11.3. The molecule has 2 fully saturated rings. The number of carbonyl (C=O) groups is 1. The first kappa shape index (κ1) is 21.5. The smallest absolute Gasteiger partial charge is 0.367 e. The van der Waals surface area contributed by atoms with E-state index < -0.39 is 12.2 Å². The zero-order valence-corrected chi connectivity index (χ0v) is 18.1. The number of halogens is 3. The summed E-state index contributed by atoms with van der Waals surface area (Å²) >= 11 is 0. The topological polar surface area (TPSA) is 50.2 Å². The number of hydrogen-bond donors (Lipinski definition) is 1. The lowest BCUT2D eigenvalue weighted by molar-refractivity contribution is -0.175. The molecule has 3 heterocycles. The predicted molar refractivity (Wildman–Crippen MR) is 109 cm³/mol. The summed E-state index contributed by atoms with van der Waals surface area (Å²) in [6.45, 7) is 7.10. The molecule has 4 rings (SSSR count). The lowest BCUT2D eigenvalue weighted by Crippen LogP contribution is -2.44. The molecule has 168 valence electrons. The second-order valence-corrected chi connectivity index (χ2v) is 10.4. The highest BCUT2D eigenvalue weighted by Gasteiger charge is 2.48. The van der Waals surface area contributed by atoms with E-state index in [4.69, 9.17) is 0 Å². The van der Waals surface area contributed by atoms with Crippen LogP contribution < -0.4 is 5.32 Å². The van der Waals surface area contributed by atoms with Crippen LogP contribution in [-0.2, 0) is 4.79 Å². The maximum atomic E-state index is 13.8. The Bertz CT molecular complexity index is 776. The summed E-state index contributed by atoms with van der Waals surface area (Å²) in [6.07, 6.45) is 1.74. The Morgan fingerprint density at radius 1 is 1.13 bits per heavy atom. The number of likely N-dealkylation sites (tertiary alicyclic amines) is 1. The lowest BCUT2D eigenvalue weighted by atomic mass is 9.82. The standard InChI is InChI=1S/C22H33F3N4O/c1-21(2,3)17-12-18(22(23,24)25)29-19(26-17)11-16(27-29)15-9-10-28(13-15)20(30)14-7-5-4-6-8-14/h11,14-15,17-18,26H,4-10,12-13H2,1-3H3/t15-,17+,18-/m1/s1. The maximum absolute atomic E-state index is 13.8. The fourth-order valence-electron chi connectivity index (χ4n) is 5.17. The molecule has 3 atom stereocenters. The predicted octanol–water partition coefficient (Wildman–Crippen LogP) is 5.11. The van der Waals surface area contributed by atoms with Crippen LogP contribution in [0.3, 0.4) is 0 Å². The van der Waals surface area contributed by atoms with Gasteiger partial charge in [-0.1, -0.05) is 40.0 Å². The number of nitrogens with zero attached hydrogens (tertiary/aromatic N) is 3. The number of nitrogens with one attached hydrogen (secondary N) is 1. The molecule has 1 aromatic rings. The van der Waals surface area contributed by atoms with Crippen molar-refractivity contribution in [2.24, 2.45) is 11.3 Å². The Kier molecular flexibility index (Phi) is 5.56. The van der Waals surface area contributed by atoms with Crippen LogP contribution in [0.5, 0.6) is 0 Å². The molecule has 30 heavy (non-hydrogen) atoms. The number of anilines is 1. The van der Waals surface area contributed by atoms with E-state index in [-0.39, 0.29) is 35.6 Å². The highest BCUT2D eigenvalue weighted by molar-refractivity contribution is 5.79. The molecular weight excluding hydrogens is 393 g/mol. The Morgan fingerprint density at radius 3 is 2.47 bits per heavy atom. The van der Waals surface area contributed by atoms with E-state index in [2.05, 4.69) is 10.4 Å². The van der Waals surface area contributed by atoms with Gasteiger partial charge in [-0.3, -0.25) is 4.79 Å². The molecule has 0 unspecified atom stereocenters. The average Bonchev–Trinajstić information content (AvgIpc) is 3.32. The van der Waals surface area contributed by atoms with Gasteiger partial charge in [0.1, 0.15) is 5.82 Å². The van der Waals surface area contributed by atoms with Crippen molar-refractivity contribution in [3.8, 4) is 0 Å². The van der Waals surface area contributed by atoms with Crippen LogP contribution in [0.25, 0.3) is 0 Å². The summed E-state index contributed by atoms with van der Waals surface area (Å²) in [4.78, 5) is 14.8. The first-order valence-electron chi connectivity index (χ1n) is 11.3. The Hall–Kier alpha value is -1.73. The minimum atomic E-state index is -4.34. The largest absolute Gasteiger partial charge is 0.410 e. The molecule has 0 radical (unpaired) electrons. The third-order valence-electron chi connectivity index (χ3n) is 7.13. The number of hydrogen-bond acceptors (Lipinski definition) is 3. The van der Waals surface area contributed by atoms with Gasteiger partial charge >= 0.3 is 6.18 Å². The third kappa shape index (κ3) is 4.19. The third-order valence-corrected chi connectivity index (χ3v) is 7.13. The fraction of sp³-hybridized carbons (Fsp3) is 0.818. The van der Waals surface area contributed by atoms with Crippen molar-refractivity contribution in [2.75, 3.05) is 18.4 Å². The van der Waals surface area contributed by atoms with E-state index in [1.54, 1.807) is 6.07 Å². The Labute approximate surface area is 176 Å². The quantitative estimate of drug-likeness (QED) is 0.715. The van der Waals surface area contributed by atoms with Crippen LogP contribution >= 0.6 is 0 Å². The van der Waals surface area contributed by atoms with Gasteiger partial charge in [0.15, 0.2) is 6.04 Å². The summed E-state index contributed by atoms with van der Waals surface area (Å²) in [5.41, 5.74) is 0.371. The van der Waals surface area contributed by atoms with Gasteiger partial charge < -0.3 is 10.2 Å². The SMILES string of the molecule is CC(C)(C)[C@@H]1C[C@H](C(F)(F)F)n2nc([C@@H]3CCN(C(=O)C4CCCCC4)C3)cc2N1. The van der Waals surface area contributed by atoms with Crippen molar-refractivity contribution in [1.82, 2.24) is 14.7 Å². The molecular formula is C22H33F3N4O. The van der Waals surface area contributed by atoms with Gasteiger partial charge in [-0.2, -0.15) is 18.3 Å². The number of alkyl halides is 3. The molecule has 0 aromatic carbocycles. The Balaban J connectivity index is 1.52. The average molecular weight is 427 g/mol. The maximum Gasteiger partial charge on any atom is 0.410 e. The highest BCUT2D eigenvalue weighted by atomic mass is 19.4. The molecule has 0 spiro atoms. The monoisotopic (exact) mass is 426 g/mol. The van der Waals surface area contributed by atoms with Gasteiger partial charge in [0, 0.05) is 37.0 Å². The van der Waals surface area contributed by atoms with Gasteiger partial charge in [0.05, 0.1) is 5.69 Å². The summed E-state index contributed by atoms with van der Waals surface area (Å²) < 4.78 is 42.5. The van der Waals surface area contributed by atoms with Crippen molar-refractivity contribution in [1.29, 1.82) is 0 Å². The van der Waals surface area contributed by atoms with E-state index >= 15 is 0 Å². The Morgan fingerprint density at radius 2 is 1.83 bits per heavy atom. The minimum absolute atomic E-state index is 0.000545. The highest BCUT2D eigenvalue weighted by Crippen LogP contribution is 2.44. The first-order chi connectivity index (χ1) is 14.0. The van der Waals surface area contributed by atoms with Gasteiger partial charge in [-0.25, -0.2) is 4.68 Å². The zero-order valence-electron chi connectivity index (χ0n) is 18.1. The fourth-order valence-corrected chi connectivity index (χ4v) is 5.17. The zero-order chi connectivity index (χ0) is 21.7. The number of fused-ring (bicyclic) bond motifs is 1. The van der Waals surface area contributed by atoms with Crippen molar-refractivity contribution >= 4 is 11.7 Å². The molecule has 1 saturated carbocycles. The van der Waals surface area contributed by atoms with Gasteiger partial charge in [-0.05, 0) is 31.1 Å². The van der Waals surface area contributed by atoms with Crippen molar-refractivity contribution in [3.05, 3.63) is 11.8 Å². The molecule has 0 bridgehead atoms. The van der Waals surface area contributed by atoms with Crippen molar-refractivity contribution in [2.45, 2.75) is 89.9 Å². The van der Waals surface area contributed by atoms with Gasteiger partial charge in [-0.15, -0.1) is 0 Å². The van der Waals surface area contributed by atoms with E-state index in [0.717, 1.165) is 36.8 Å². The summed E-state index contributed by atoms with van der Waals surface area (Å²) in [5, 5.41) is 7.69. The van der Waals surface area contributed by atoms with E-state index in [1.807, 2.05) is 25.7 Å². The summed E-state index contributed by atoms with van der Waals surface area (Å²) in [5.74, 6) is 0.784. The van der Waals surface area contributed by atoms with E-state index in [0.29, 0.717) is 24.6 Å². The second-order valence-electron chi connectivity index (χ2n) is 10.4. The minimum Gasteiger partial charge on any atom is -0.367 e. The molecule has 3 aliphatic rings. The van der Waals surface area contributed by atoms with Crippen LogP contribution in [0.4, 0.5) is 19.0 Å². The molecule has 5 nitrogen and oxygen atoms in total. The van der Waals surface area contributed by atoms with Crippen LogP contribution in [0.2, 0.25) is 0 Å². The normalized spacial score (nSPS) is 28.3. The molecule has 1 amide bonds. The van der Waals surface area contributed by atoms with Crippen molar-refractivity contribution < 1.29 is 18.0 Å². The van der Waals surface area contributed by atoms with Crippen molar-refractivity contribution in [3.63, 3.8) is 0 Å². The molecule has 1 aromatic heterocycles. The molecule has 2 aliphatic heterocycles. The van der Waals surface area contributed by atoms with Gasteiger partial charge in [0.25, 0.3) is 0 Å². The number of carbonyl (C=O) groups excluding carboxylic acids is 1. The lowest BCUT2D eigenvalue weighted by Gasteiger charge is -2.39. The van der Waals surface area contributed by atoms with Crippen LogP contribution in [0, 0.1) is 11.3 Å². The summed E-state index contributed by atoms with van der Waals surface area (Å²) in [7, 11) is 0. The summed E-state index contributed by atoms with van der Waals surface area (Å²) in [6, 6.07) is -0.127. The molecule has 8 heteroatoms. The molecule has 1 aliphatic carbocycles. The number of amides is 1. The molecule has 1 saturated heterocycles. The number of aromatic nitrogens is 2. The number of rotatable bonds is 2. The van der Waals surface area contributed by atoms with Crippen LogP contribution in [0.15, 0.2) is 6.07 Å². The van der Waals surface area contributed by atoms with E-state index in [9.17, 15) is 18.0 Å².